The van der Waals surface area contributed by atoms with Crippen molar-refractivity contribution in [2.75, 3.05) is 20.3 Å². The molecule has 15 heavy (non-hydrogen) atoms. The van der Waals surface area contributed by atoms with Gasteiger partial charge in [0.1, 0.15) is 0 Å². The van der Waals surface area contributed by atoms with E-state index in [1.165, 1.54) is 51.5 Å². The Kier molecular flexibility index (Phi) is 11.9. The van der Waals surface area contributed by atoms with Crippen LogP contribution in [-0.2, 0) is 4.74 Å². The highest BCUT2D eigenvalue weighted by atomic mass is 16.5. The summed E-state index contributed by atoms with van der Waals surface area (Å²) in [5.41, 5.74) is 0. The molecule has 1 unspecified atom stereocenters. The van der Waals surface area contributed by atoms with Gasteiger partial charge in [0, 0.05) is 19.8 Å². The van der Waals surface area contributed by atoms with E-state index in [1.807, 2.05) is 0 Å². The Morgan fingerprint density at radius 1 is 1.07 bits per heavy atom. The fourth-order valence-corrected chi connectivity index (χ4v) is 1.79. The van der Waals surface area contributed by atoms with Crippen molar-refractivity contribution in [3.05, 3.63) is 0 Å². The van der Waals surface area contributed by atoms with E-state index in [2.05, 4.69) is 19.2 Å². The molecule has 0 aromatic rings. The maximum Gasteiger partial charge on any atom is 0.0462 e. The fourth-order valence-electron chi connectivity index (χ4n) is 1.79. The predicted molar refractivity (Wildman–Crippen MR) is 67.3 cm³/mol. The number of ether oxygens (including phenoxy) is 1. The van der Waals surface area contributed by atoms with Crippen LogP contribution in [-0.4, -0.2) is 26.3 Å². The van der Waals surface area contributed by atoms with E-state index in [0.717, 1.165) is 12.6 Å². The zero-order chi connectivity index (χ0) is 11.4. The van der Waals surface area contributed by atoms with Crippen LogP contribution in [0.5, 0.6) is 0 Å². The van der Waals surface area contributed by atoms with Crippen molar-refractivity contribution in [1.82, 2.24) is 5.32 Å². The van der Waals surface area contributed by atoms with Gasteiger partial charge in [-0.3, -0.25) is 0 Å². The second kappa shape index (κ2) is 12.0. The molecule has 1 N–H and O–H groups in total. The van der Waals surface area contributed by atoms with E-state index in [1.54, 1.807) is 7.11 Å². The Balaban J connectivity index is 3.22. The van der Waals surface area contributed by atoms with E-state index >= 15 is 0 Å². The molecule has 0 saturated carbocycles. The first kappa shape index (κ1) is 14.9. The molecule has 2 nitrogen and oxygen atoms in total. The Hall–Kier alpha value is -0.0800. The molecule has 0 aliphatic rings. The molecular weight excluding hydrogens is 186 g/mol. The van der Waals surface area contributed by atoms with Gasteiger partial charge in [0.05, 0.1) is 0 Å². The third-order valence-electron chi connectivity index (χ3n) is 2.83. The van der Waals surface area contributed by atoms with Crippen LogP contribution in [0.1, 0.15) is 58.8 Å². The second-order valence-electron chi connectivity index (χ2n) is 4.25. The molecule has 0 amide bonds. The van der Waals surface area contributed by atoms with E-state index in [4.69, 9.17) is 4.74 Å². The third kappa shape index (κ3) is 10.2. The lowest BCUT2D eigenvalue weighted by Crippen LogP contribution is -2.28. The lowest BCUT2D eigenvalue weighted by molar-refractivity contribution is 0.191. The van der Waals surface area contributed by atoms with Crippen molar-refractivity contribution in [3.8, 4) is 0 Å². The highest BCUT2D eigenvalue weighted by molar-refractivity contribution is 4.64. The summed E-state index contributed by atoms with van der Waals surface area (Å²) in [7, 11) is 1.78. The van der Waals surface area contributed by atoms with Gasteiger partial charge < -0.3 is 10.1 Å². The normalized spacial score (nSPS) is 13.0. The molecule has 2 heteroatoms. The molecule has 0 aliphatic heterocycles. The first-order valence-electron chi connectivity index (χ1n) is 6.57. The number of methoxy groups -OCH3 is 1. The summed E-state index contributed by atoms with van der Waals surface area (Å²) >= 11 is 0. The summed E-state index contributed by atoms with van der Waals surface area (Å²) in [6.45, 7) is 6.59. The van der Waals surface area contributed by atoms with Gasteiger partial charge in [-0.2, -0.15) is 0 Å². The van der Waals surface area contributed by atoms with Crippen molar-refractivity contribution in [2.45, 2.75) is 64.8 Å². The van der Waals surface area contributed by atoms with Gasteiger partial charge >= 0.3 is 0 Å². The molecule has 0 bridgehead atoms. The molecule has 0 heterocycles. The minimum absolute atomic E-state index is 0.743. The summed E-state index contributed by atoms with van der Waals surface area (Å²) in [5, 5.41) is 3.60. The summed E-state index contributed by atoms with van der Waals surface area (Å²) < 4.78 is 5.03. The lowest BCUT2D eigenvalue weighted by atomic mass is 10.1. The average Bonchev–Trinajstić information content (AvgIpc) is 2.27. The lowest BCUT2D eigenvalue weighted by Gasteiger charge is -2.16. The van der Waals surface area contributed by atoms with Crippen LogP contribution in [0.2, 0.25) is 0 Å². The molecule has 92 valence electrons. The number of rotatable bonds is 11. The summed E-state index contributed by atoms with van der Waals surface area (Å²) in [4.78, 5) is 0. The van der Waals surface area contributed by atoms with E-state index < -0.39 is 0 Å². The van der Waals surface area contributed by atoms with Crippen molar-refractivity contribution >= 4 is 0 Å². The van der Waals surface area contributed by atoms with Crippen molar-refractivity contribution in [2.24, 2.45) is 0 Å². The maximum absolute atomic E-state index is 5.03. The average molecular weight is 215 g/mol. The van der Waals surface area contributed by atoms with Gasteiger partial charge in [-0.25, -0.2) is 0 Å². The van der Waals surface area contributed by atoms with Crippen LogP contribution in [0, 0.1) is 0 Å². The molecule has 0 fully saturated rings. The van der Waals surface area contributed by atoms with Crippen LogP contribution >= 0.6 is 0 Å². The quantitative estimate of drug-likeness (QED) is 0.534. The topological polar surface area (TPSA) is 21.3 Å². The Bertz CT molecular complexity index is 117. The van der Waals surface area contributed by atoms with Gasteiger partial charge in [0.15, 0.2) is 0 Å². The van der Waals surface area contributed by atoms with Crippen LogP contribution in [0.4, 0.5) is 0 Å². The molecule has 1 atom stereocenters. The fraction of sp³-hybridized carbons (Fsp3) is 1.00. The molecule has 0 aromatic carbocycles. The molecule has 0 spiro atoms. The van der Waals surface area contributed by atoms with Crippen LogP contribution < -0.4 is 5.32 Å². The van der Waals surface area contributed by atoms with E-state index in [0.29, 0.717) is 0 Å². The SMILES string of the molecule is CCCNC(CC)CCCCCCOC. The van der Waals surface area contributed by atoms with E-state index in [-0.39, 0.29) is 0 Å². The number of unbranched alkanes of at least 4 members (excludes halogenated alkanes) is 3. The maximum atomic E-state index is 5.03. The molecule has 0 saturated heterocycles. The van der Waals surface area contributed by atoms with E-state index in [9.17, 15) is 0 Å². The third-order valence-corrected chi connectivity index (χ3v) is 2.83. The number of hydrogen-bond donors (Lipinski definition) is 1. The molecule has 0 radical (unpaired) electrons. The zero-order valence-corrected chi connectivity index (χ0v) is 10.8. The summed E-state index contributed by atoms with van der Waals surface area (Å²) in [6.07, 6.45) is 9.09. The largest absolute Gasteiger partial charge is 0.385 e. The molecule has 0 aliphatic carbocycles. The van der Waals surface area contributed by atoms with Crippen molar-refractivity contribution in [3.63, 3.8) is 0 Å². The minimum atomic E-state index is 0.743. The van der Waals surface area contributed by atoms with Crippen molar-refractivity contribution < 1.29 is 4.74 Å². The summed E-state index contributed by atoms with van der Waals surface area (Å²) in [6, 6.07) is 0.743. The number of nitrogens with one attached hydrogen (secondary N) is 1. The summed E-state index contributed by atoms with van der Waals surface area (Å²) in [5.74, 6) is 0. The second-order valence-corrected chi connectivity index (χ2v) is 4.25. The minimum Gasteiger partial charge on any atom is -0.385 e. The van der Waals surface area contributed by atoms with Crippen LogP contribution in [0.25, 0.3) is 0 Å². The van der Waals surface area contributed by atoms with Crippen LogP contribution in [0.3, 0.4) is 0 Å². The van der Waals surface area contributed by atoms with Gasteiger partial charge in [0.25, 0.3) is 0 Å². The highest BCUT2D eigenvalue weighted by Crippen LogP contribution is 2.08. The van der Waals surface area contributed by atoms with Gasteiger partial charge in [-0.05, 0) is 32.2 Å². The Morgan fingerprint density at radius 2 is 1.80 bits per heavy atom. The molecule has 0 rings (SSSR count). The van der Waals surface area contributed by atoms with Crippen LogP contribution in [0.15, 0.2) is 0 Å². The molecular formula is C13H29NO. The monoisotopic (exact) mass is 215 g/mol. The zero-order valence-electron chi connectivity index (χ0n) is 10.8. The predicted octanol–water partition coefficient (Wildman–Crippen LogP) is 3.36. The molecule has 0 aromatic heterocycles. The standard InChI is InChI=1S/C13H29NO/c1-4-11-14-13(5-2)10-8-6-7-9-12-15-3/h13-14H,4-12H2,1-3H3. The Labute approximate surface area is 95.8 Å². The van der Waals surface area contributed by atoms with Gasteiger partial charge in [-0.1, -0.05) is 33.1 Å². The first-order valence-corrected chi connectivity index (χ1v) is 6.57. The number of hydrogen-bond acceptors (Lipinski definition) is 2. The van der Waals surface area contributed by atoms with Crippen molar-refractivity contribution in [1.29, 1.82) is 0 Å². The van der Waals surface area contributed by atoms with Gasteiger partial charge in [-0.15, -0.1) is 0 Å². The Morgan fingerprint density at radius 3 is 2.40 bits per heavy atom. The first-order chi connectivity index (χ1) is 7.35. The van der Waals surface area contributed by atoms with Gasteiger partial charge in [0.2, 0.25) is 0 Å². The highest BCUT2D eigenvalue weighted by Gasteiger charge is 2.03. The smallest absolute Gasteiger partial charge is 0.0462 e.